The molecule has 0 fully saturated rings. The average Bonchev–Trinajstić information content (AvgIpc) is 4.18. The van der Waals surface area contributed by atoms with Gasteiger partial charge in [-0.05, 0) is 113 Å². The molecule has 72 heavy (non-hydrogen) atoms. The van der Waals surface area contributed by atoms with E-state index in [9.17, 15) is 0 Å². The summed E-state index contributed by atoms with van der Waals surface area (Å²) in [6.45, 7) is 0. The molecule has 7 nitrogen and oxygen atoms in total. The molecule has 0 spiro atoms. The lowest BCUT2D eigenvalue weighted by molar-refractivity contribution is 0.668. The number of aromatic nitrogens is 5. The third-order valence-electron chi connectivity index (χ3n) is 14.7. The third kappa shape index (κ3) is 5.76. The van der Waals surface area contributed by atoms with Crippen molar-refractivity contribution in [1.82, 2.24) is 24.1 Å². The van der Waals surface area contributed by atoms with Gasteiger partial charge in [-0.3, -0.25) is 0 Å². The second kappa shape index (κ2) is 14.8. The highest BCUT2D eigenvalue weighted by Gasteiger charge is 2.23. The van der Waals surface area contributed by atoms with Crippen LogP contribution in [0.2, 0.25) is 0 Å². The highest BCUT2D eigenvalue weighted by molar-refractivity contribution is 6.19. The van der Waals surface area contributed by atoms with Gasteiger partial charge in [0.1, 0.15) is 22.3 Å². The number of furan rings is 2. The Morgan fingerprint density at radius 1 is 0.278 bits per heavy atom. The first kappa shape index (κ1) is 39.0. The minimum Gasteiger partial charge on any atom is -0.456 e. The Morgan fingerprint density at radius 2 is 0.806 bits per heavy atom. The van der Waals surface area contributed by atoms with Crippen LogP contribution < -0.4 is 0 Å². The largest absolute Gasteiger partial charge is 0.456 e. The minimum absolute atomic E-state index is 0.524. The topological polar surface area (TPSA) is 74.8 Å². The molecule has 0 atom stereocenters. The van der Waals surface area contributed by atoms with Gasteiger partial charge in [-0.1, -0.05) is 133 Å². The van der Waals surface area contributed by atoms with E-state index in [0.29, 0.717) is 17.5 Å². The number of benzene rings is 11. The first-order valence-corrected chi connectivity index (χ1v) is 24.2. The molecule has 0 radical (unpaired) electrons. The number of hydrogen-bond acceptors (Lipinski definition) is 5. The molecule has 0 aliphatic carbocycles. The van der Waals surface area contributed by atoms with Crippen molar-refractivity contribution in [1.29, 1.82) is 0 Å². The summed E-state index contributed by atoms with van der Waals surface area (Å²) in [7, 11) is 0. The second-order valence-electron chi connectivity index (χ2n) is 18.8. The molecule has 7 heteroatoms. The van der Waals surface area contributed by atoms with Crippen molar-refractivity contribution in [2.75, 3.05) is 0 Å². The summed E-state index contributed by atoms with van der Waals surface area (Å²) in [4.78, 5) is 16.2. The van der Waals surface area contributed by atoms with Crippen LogP contribution in [-0.4, -0.2) is 24.1 Å². The number of hydrogen-bond donors (Lipinski definition) is 0. The van der Waals surface area contributed by atoms with Gasteiger partial charge in [-0.2, -0.15) is 0 Å². The maximum absolute atomic E-state index is 7.00. The summed E-state index contributed by atoms with van der Waals surface area (Å²) in [6, 6.07) is 79.2. The molecule has 16 rings (SSSR count). The van der Waals surface area contributed by atoms with Gasteiger partial charge < -0.3 is 18.0 Å². The minimum atomic E-state index is 0.524. The number of nitrogens with zero attached hydrogens (tertiary/aromatic N) is 5. The molecular formula is C65H37N5O2. The van der Waals surface area contributed by atoms with Crippen molar-refractivity contribution in [3.63, 3.8) is 0 Å². The molecule has 0 saturated heterocycles. The van der Waals surface area contributed by atoms with Crippen LogP contribution in [0.15, 0.2) is 233 Å². The molecule has 0 aliphatic rings. The summed E-state index contributed by atoms with van der Waals surface area (Å²) in [5, 5.41) is 13.4. The van der Waals surface area contributed by atoms with Crippen LogP contribution in [0.5, 0.6) is 0 Å². The maximum Gasteiger partial charge on any atom is 0.164 e. The van der Waals surface area contributed by atoms with Crippen LogP contribution in [-0.2, 0) is 0 Å². The SMILES string of the molecule is c1ccc(-n2c3ccccc3c3ccc(-c4nc(-c5cc(-n6c7ccccc7c7cc8ccccc8cc76)c6c(c5)oc5cc7ccccc7cc56)nc(-c5ccc6oc7ccccc7c6c5)n4)cc32)cc1. The van der Waals surface area contributed by atoms with E-state index in [1.807, 2.05) is 30.3 Å². The van der Waals surface area contributed by atoms with Crippen molar-refractivity contribution in [3.05, 3.63) is 224 Å². The molecule has 0 amide bonds. The van der Waals surface area contributed by atoms with Gasteiger partial charge in [-0.15, -0.1) is 0 Å². The van der Waals surface area contributed by atoms with E-state index >= 15 is 0 Å². The predicted molar refractivity (Wildman–Crippen MR) is 294 cm³/mol. The smallest absolute Gasteiger partial charge is 0.164 e. The summed E-state index contributed by atoms with van der Waals surface area (Å²) in [6.07, 6.45) is 0. The molecule has 0 bridgehead atoms. The summed E-state index contributed by atoms with van der Waals surface area (Å²) >= 11 is 0. The lowest BCUT2D eigenvalue weighted by atomic mass is 10.0. The van der Waals surface area contributed by atoms with E-state index in [1.165, 1.54) is 26.9 Å². The fourth-order valence-corrected chi connectivity index (χ4v) is 11.4. The number of fused-ring (bicyclic) bond motifs is 14. The van der Waals surface area contributed by atoms with Gasteiger partial charge in [-0.25, -0.2) is 15.0 Å². The molecule has 0 aliphatic heterocycles. The zero-order valence-electron chi connectivity index (χ0n) is 38.4. The Morgan fingerprint density at radius 3 is 1.57 bits per heavy atom. The Kier molecular flexibility index (Phi) is 8.04. The second-order valence-corrected chi connectivity index (χ2v) is 18.8. The summed E-state index contributed by atoms with van der Waals surface area (Å²) in [5.74, 6) is 1.63. The quantitative estimate of drug-likeness (QED) is 0.172. The van der Waals surface area contributed by atoms with E-state index in [2.05, 4.69) is 203 Å². The standard InChI is InChI=1S/C65H37N5O2/c1-2-18-45(19-3-1)69-53-23-11-8-20-46(53)48-28-26-43(34-55(48)69)64-66-63(42-27-29-59-51(32-42)49-22-10-13-25-58(49)71-59)67-65(68-64)44-35-57(62-52-31-39-15-5-7-17-41(39)36-60(52)72-61(62)37-44)70-54-24-12-9-21-47(54)50-30-38-14-4-6-16-40(38)33-56(50)70/h1-37H. The fourth-order valence-electron chi connectivity index (χ4n) is 11.4. The lowest BCUT2D eigenvalue weighted by Crippen LogP contribution is -2.02. The van der Waals surface area contributed by atoms with E-state index in [4.69, 9.17) is 23.8 Å². The molecule has 16 aromatic rings. The van der Waals surface area contributed by atoms with Crippen LogP contribution in [0, 0.1) is 0 Å². The van der Waals surface area contributed by atoms with Crippen molar-refractivity contribution >= 4 is 109 Å². The lowest BCUT2D eigenvalue weighted by Gasteiger charge is -2.14. The molecule has 11 aromatic carbocycles. The Bertz CT molecular complexity index is 4940. The zero-order chi connectivity index (χ0) is 47.0. The Labute approximate surface area is 410 Å². The molecule has 5 aromatic heterocycles. The van der Waals surface area contributed by atoms with Gasteiger partial charge in [0.2, 0.25) is 0 Å². The van der Waals surface area contributed by atoms with Gasteiger partial charge in [0.15, 0.2) is 17.5 Å². The van der Waals surface area contributed by atoms with Crippen LogP contribution in [0.3, 0.4) is 0 Å². The third-order valence-corrected chi connectivity index (χ3v) is 14.7. The van der Waals surface area contributed by atoms with Crippen LogP contribution in [0.25, 0.3) is 155 Å². The van der Waals surface area contributed by atoms with Crippen molar-refractivity contribution in [2.24, 2.45) is 0 Å². The fraction of sp³-hybridized carbons (Fsp3) is 0. The van der Waals surface area contributed by atoms with Crippen molar-refractivity contribution < 1.29 is 8.83 Å². The van der Waals surface area contributed by atoms with E-state index in [1.54, 1.807) is 0 Å². The highest BCUT2D eigenvalue weighted by Crippen LogP contribution is 2.44. The van der Waals surface area contributed by atoms with E-state index in [0.717, 1.165) is 110 Å². The highest BCUT2D eigenvalue weighted by atomic mass is 16.3. The van der Waals surface area contributed by atoms with Gasteiger partial charge in [0, 0.05) is 60.1 Å². The maximum atomic E-state index is 7.00. The van der Waals surface area contributed by atoms with E-state index in [-0.39, 0.29) is 0 Å². The average molecular weight is 920 g/mol. The number of rotatable bonds is 5. The number of para-hydroxylation sites is 4. The molecule has 334 valence electrons. The summed E-state index contributed by atoms with van der Waals surface area (Å²) < 4.78 is 18.0. The molecule has 0 saturated carbocycles. The monoisotopic (exact) mass is 919 g/mol. The van der Waals surface area contributed by atoms with E-state index < -0.39 is 0 Å². The Hall–Kier alpha value is -9.85. The first-order chi connectivity index (χ1) is 35.6. The molecular weight excluding hydrogens is 883 g/mol. The van der Waals surface area contributed by atoms with Crippen LogP contribution >= 0.6 is 0 Å². The van der Waals surface area contributed by atoms with Crippen LogP contribution in [0.1, 0.15) is 0 Å². The van der Waals surface area contributed by atoms with Gasteiger partial charge >= 0.3 is 0 Å². The predicted octanol–water partition coefficient (Wildman–Crippen LogP) is 17.2. The van der Waals surface area contributed by atoms with Crippen molar-refractivity contribution in [2.45, 2.75) is 0 Å². The normalized spacial score (nSPS) is 12.2. The van der Waals surface area contributed by atoms with Gasteiger partial charge in [0.25, 0.3) is 0 Å². The first-order valence-electron chi connectivity index (χ1n) is 24.2. The Balaban J connectivity index is 0.997. The van der Waals surface area contributed by atoms with Gasteiger partial charge in [0.05, 0.1) is 33.1 Å². The van der Waals surface area contributed by atoms with Crippen molar-refractivity contribution in [3.8, 4) is 45.5 Å². The van der Waals surface area contributed by atoms with Crippen LogP contribution in [0.4, 0.5) is 0 Å². The molecule has 5 heterocycles. The summed E-state index contributed by atoms with van der Waals surface area (Å²) in [5.41, 5.74) is 12.2. The zero-order valence-corrected chi connectivity index (χ0v) is 38.4. The molecule has 0 N–H and O–H groups in total. The molecule has 0 unspecified atom stereocenters.